The fraction of sp³-hybridized carbons (Fsp3) is 0.600. The van der Waals surface area contributed by atoms with Crippen LogP contribution in [0.5, 0.6) is 5.75 Å². The summed E-state index contributed by atoms with van der Waals surface area (Å²) in [4.78, 5) is 0. The van der Waals surface area contributed by atoms with E-state index >= 15 is 0 Å². The minimum atomic E-state index is 0.576. The van der Waals surface area contributed by atoms with Crippen molar-refractivity contribution in [2.24, 2.45) is 11.8 Å². The lowest BCUT2D eigenvalue weighted by Crippen LogP contribution is -2.30. The van der Waals surface area contributed by atoms with E-state index in [2.05, 4.69) is 41.2 Å². The Morgan fingerprint density at radius 1 is 1.17 bits per heavy atom. The van der Waals surface area contributed by atoms with Crippen molar-refractivity contribution in [3.05, 3.63) is 22.7 Å². The summed E-state index contributed by atoms with van der Waals surface area (Å²) in [6.07, 6.45) is 3.87. The first kappa shape index (κ1) is 13.7. The van der Waals surface area contributed by atoms with E-state index in [0.717, 1.165) is 27.7 Å². The molecule has 1 saturated carbocycles. The molecule has 2 unspecified atom stereocenters. The molecule has 1 aliphatic rings. The van der Waals surface area contributed by atoms with Crippen LogP contribution in [0.15, 0.2) is 22.7 Å². The van der Waals surface area contributed by atoms with E-state index in [1.807, 2.05) is 12.1 Å². The largest absolute Gasteiger partial charge is 0.497 e. The van der Waals surface area contributed by atoms with E-state index in [1.54, 1.807) is 7.11 Å². The van der Waals surface area contributed by atoms with Gasteiger partial charge in [0.1, 0.15) is 5.75 Å². The third-order valence-corrected chi connectivity index (χ3v) is 4.40. The van der Waals surface area contributed by atoms with E-state index in [4.69, 9.17) is 4.74 Å². The maximum Gasteiger partial charge on any atom is 0.121 e. The topological polar surface area (TPSA) is 21.3 Å². The van der Waals surface area contributed by atoms with Crippen molar-refractivity contribution in [1.82, 2.24) is 0 Å². The number of rotatable bonds is 3. The zero-order valence-electron chi connectivity index (χ0n) is 11.4. The molecule has 2 rings (SSSR count). The minimum Gasteiger partial charge on any atom is -0.497 e. The maximum atomic E-state index is 5.28. The summed E-state index contributed by atoms with van der Waals surface area (Å²) < 4.78 is 6.39. The molecule has 2 nitrogen and oxygen atoms in total. The van der Waals surface area contributed by atoms with Gasteiger partial charge in [-0.1, -0.05) is 13.8 Å². The van der Waals surface area contributed by atoms with Crippen molar-refractivity contribution < 1.29 is 4.74 Å². The lowest BCUT2D eigenvalue weighted by molar-refractivity contribution is 0.280. The molecule has 0 bridgehead atoms. The fourth-order valence-electron chi connectivity index (χ4n) is 3.03. The SMILES string of the molecule is COc1ccc(Br)c(NC2CC(C)CC(C)C2)c1. The number of ether oxygens (including phenoxy) is 1. The van der Waals surface area contributed by atoms with Gasteiger partial charge in [0.2, 0.25) is 0 Å². The Balaban J connectivity index is 2.08. The second-order valence-corrected chi connectivity index (χ2v) is 6.46. The van der Waals surface area contributed by atoms with E-state index in [9.17, 15) is 0 Å². The van der Waals surface area contributed by atoms with Crippen LogP contribution < -0.4 is 10.1 Å². The molecule has 3 heteroatoms. The van der Waals surface area contributed by atoms with Gasteiger partial charge in [-0.05, 0) is 59.2 Å². The molecule has 18 heavy (non-hydrogen) atoms. The van der Waals surface area contributed by atoms with Crippen molar-refractivity contribution in [2.45, 2.75) is 39.2 Å². The number of benzene rings is 1. The number of hydrogen-bond acceptors (Lipinski definition) is 2. The number of nitrogens with one attached hydrogen (secondary N) is 1. The first-order valence-corrected chi connectivity index (χ1v) is 7.48. The van der Waals surface area contributed by atoms with Gasteiger partial charge in [0.05, 0.1) is 12.8 Å². The summed E-state index contributed by atoms with van der Waals surface area (Å²) in [7, 11) is 1.71. The van der Waals surface area contributed by atoms with Gasteiger partial charge >= 0.3 is 0 Å². The molecule has 100 valence electrons. The highest BCUT2D eigenvalue weighted by Crippen LogP contribution is 2.33. The molecule has 1 aliphatic carbocycles. The summed E-state index contributed by atoms with van der Waals surface area (Å²) in [5.41, 5.74) is 1.14. The van der Waals surface area contributed by atoms with Crippen LogP contribution in [0.1, 0.15) is 33.1 Å². The Hall–Kier alpha value is -0.700. The first-order valence-electron chi connectivity index (χ1n) is 6.68. The molecule has 1 aromatic rings. The van der Waals surface area contributed by atoms with E-state index < -0.39 is 0 Å². The van der Waals surface area contributed by atoms with Crippen molar-refractivity contribution in [3.63, 3.8) is 0 Å². The molecule has 1 N–H and O–H groups in total. The second-order valence-electron chi connectivity index (χ2n) is 5.60. The predicted octanol–water partition coefficient (Wildman–Crippen LogP) is 4.69. The van der Waals surface area contributed by atoms with Crippen LogP contribution in [0.25, 0.3) is 0 Å². The average Bonchev–Trinajstić information content (AvgIpc) is 2.30. The predicted molar refractivity (Wildman–Crippen MR) is 80.3 cm³/mol. The monoisotopic (exact) mass is 311 g/mol. The number of hydrogen-bond donors (Lipinski definition) is 1. The zero-order valence-corrected chi connectivity index (χ0v) is 13.0. The quantitative estimate of drug-likeness (QED) is 0.874. The first-order chi connectivity index (χ1) is 8.58. The highest BCUT2D eigenvalue weighted by atomic mass is 79.9. The molecule has 1 fully saturated rings. The summed E-state index contributed by atoms with van der Waals surface area (Å²) in [6, 6.07) is 6.65. The Labute approximate surface area is 118 Å². The van der Waals surface area contributed by atoms with Crippen LogP contribution in [-0.2, 0) is 0 Å². The molecule has 0 amide bonds. The zero-order chi connectivity index (χ0) is 13.1. The molecular formula is C15H22BrNO. The van der Waals surface area contributed by atoms with Crippen molar-refractivity contribution >= 4 is 21.6 Å². The molecule has 0 aliphatic heterocycles. The van der Waals surface area contributed by atoms with Gasteiger partial charge in [0.15, 0.2) is 0 Å². The van der Waals surface area contributed by atoms with Gasteiger partial charge in [0.25, 0.3) is 0 Å². The van der Waals surface area contributed by atoms with Crippen LogP contribution in [0.2, 0.25) is 0 Å². The third kappa shape index (κ3) is 3.41. The molecular weight excluding hydrogens is 290 g/mol. The van der Waals surface area contributed by atoms with Gasteiger partial charge in [-0.25, -0.2) is 0 Å². The Morgan fingerprint density at radius 2 is 1.83 bits per heavy atom. The van der Waals surface area contributed by atoms with Gasteiger partial charge in [-0.15, -0.1) is 0 Å². The normalized spacial score (nSPS) is 27.9. The molecule has 2 atom stereocenters. The van der Waals surface area contributed by atoms with Crippen molar-refractivity contribution in [1.29, 1.82) is 0 Å². The van der Waals surface area contributed by atoms with Crippen LogP contribution >= 0.6 is 15.9 Å². The smallest absolute Gasteiger partial charge is 0.121 e. The van der Waals surface area contributed by atoms with Crippen molar-refractivity contribution in [3.8, 4) is 5.75 Å². The molecule has 0 saturated heterocycles. The van der Waals surface area contributed by atoms with Gasteiger partial charge < -0.3 is 10.1 Å². The van der Waals surface area contributed by atoms with Gasteiger partial charge in [-0.2, -0.15) is 0 Å². The lowest BCUT2D eigenvalue weighted by atomic mass is 9.80. The highest BCUT2D eigenvalue weighted by molar-refractivity contribution is 9.10. The van der Waals surface area contributed by atoms with E-state index in [0.29, 0.717) is 6.04 Å². The average molecular weight is 312 g/mol. The Bertz CT molecular complexity index is 397. The molecule has 0 heterocycles. The van der Waals surface area contributed by atoms with Crippen LogP contribution in [0.3, 0.4) is 0 Å². The summed E-state index contributed by atoms with van der Waals surface area (Å²) in [6.45, 7) is 4.70. The number of methoxy groups -OCH3 is 1. The molecule has 0 spiro atoms. The number of halogens is 1. The van der Waals surface area contributed by atoms with E-state index in [1.165, 1.54) is 19.3 Å². The summed E-state index contributed by atoms with van der Waals surface area (Å²) in [5.74, 6) is 2.53. The van der Waals surface area contributed by atoms with Crippen LogP contribution in [0.4, 0.5) is 5.69 Å². The molecule has 0 aromatic heterocycles. The fourth-order valence-corrected chi connectivity index (χ4v) is 3.39. The lowest BCUT2D eigenvalue weighted by Gasteiger charge is -2.32. The van der Waals surface area contributed by atoms with Crippen LogP contribution in [-0.4, -0.2) is 13.2 Å². The summed E-state index contributed by atoms with van der Waals surface area (Å²) in [5, 5.41) is 3.66. The molecule has 1 aromatic carbocycles. The van der Waals surface area contributed by atoms with Crippen LogP contribution in [0, 0.1) is 11.8 Å². The highest BCUT2D eigenvalue weighted by Gasteiger charge is 2.24. The second kappa shape index (κ2) is 5.96. The molecule has 0 radical (unpaired) electrons. The standard InChI is InChI=1S/C15H22BrNO/c1-10-6-11(2)8-12(7-10)17-15-9-13(18-3)4-5-14(15)16/h4-5,9-12,17H,6-8H2,1-3H3. The van der Waals surface area contributed by atoms with E-state index in [-0.39, 0.29) is 0 Å². The van der Waals surface area contributed by atoms with Gasteiger partial charge in [0, 0.05) is 16.6 Å². The maximum absolute atomic E-state index is 5.28. The minimum absolute atomic E-state index is 0.576. The Kier molecular flexibility index (Phi) is 4.55. The summed E-state index contributed by atoms with van der Waals surface area (Å²) >= 11 is 3.60. The van der Waals surface area contributed by atoms with Gasteiger partial charge in [-0.3, -0.25) is 0 Å². The third-order valence-electron chi connectivity index (χ3n) is 3.71. The number of anilines is 1. The van der Waals surface area contributed by atoms with Crippen molar-refractivity contribution in [2.75, 3.05) is 12.4 Å². The Morgan fingerprint density at radius 3 is 2.44 bits per heavy atom.